The molecule has 2 aliphatic rings. The van der Waals surface area contributed by atoms with Crippen LogP contribution in [0.15, 0.2) is 205 Å². The summed E-state index contributed by atoms with van der Waals surface area (Å²) in [6.07, 6.45) is 4.78. The van der Waals surface area contributed by atoms with Gasteiger partial charge in [0, 0.05) is 45.0 Å². The van der Waals surface area contributed by atoms with Crippen molar-refractivity contribution in [2.45, 2.75) is 12.0 Å². The highest BCUT2D eigenvalue weighted by Crippen LogP contribution is 2.52. The quantitative estimate of drug-likeness (QED) is 0.172. The van der Waals surface area contributed by atoms with Gasteiger partial charge in [-0.3, -0.25) is 0 Å². The number of nitrogens with zero attached hydrogens (tertiary/aromatic N) is 2. The number of anilines is 5. The van der Waals surface area contributed by atoms with Crippen LogP contribution in [0.5, 0.6) is 0 Å². The monoisotopic (exact) mass is 704 g/mol. The SMILES string of the molecule is C1=CC2C(c3ccccc3N2c2ccccc2)c2cccc(-c3cccc(N(c4ccc5oc6ccccc6c5c4)c4ccccc4-c4ccccc4)c3)c21. The van der Waals surface area contributed by atoms with E-state index in [0.29, 0.717) is 0 Å². The fraction of sp³-hybridized carbons (Fsp3) is 0.0385. The minimum atomic E-state index is 0.202. The predicted molar refractivity (Wildman–Crippen MR) is 229 cm³/mol. The molecule has 0 fully saturated rings. The first-order valence-corrected chi connectivity index (χ1v) is 19.0. The molecule has 11 rings (SSSR count). The van der Waals surface area contributed by atoms with Gasteiger partial charge in [-0.2, -0.15) is 0 Å². The van der Waals surface area contributed by atoms with Gasteiger partial charge in [0.15, 0.2) is 0 Å². The molecule has 1 aliphatic heterocycles. The summed E-state index contributed by atoms with van der Waals surface area (Å²) in [4.78, 5) is 4.91. The van der Waals surface area contributed by atoms with Crippen molar-refractivity contribution in [3.8, 4) is 22.3 Å². The van der Waals surface area contributed by atoms with Gasteiger partial charge in [0.2, 0.25) is 0 Å². The van der Waals surface area contributed by atoms with Crippen molar-refractivity contribution in [2.75, 3.05) is 9.80 Å². The highest BCUT2D eigenvalue weighted by molar-refractivity contribution is 6.07. The zero-order valence-electron chi connectivity index (χ0n) is 30.1. The molecular weight excluding hydrogens is 669 g/mol. The van der Waals surface area contributed by atoms with Gasteiger partial charge in [-0.1, -0.05) is 146 Å². The Balaban J connectivity index is 1.07. The zero-order valence-corrected chi connectivity index (χ0v) is 30.1. The summed E-state index contributed by atoms with van der Waals surface area (Å²) >= 11 is 0. The van der Waals surface area contributed by atoms with Crippen molar-refractivity contribution in [2.24, 2.45) is 0 Å². The van der Waals surface area contributed by atoms with Crippen LogP contribution in [0.25, 0.3) is 50.3 Å². The molecule has 2 heterocycles. The van der Waals surface area contributed by atoms with E-state index < -0.39 is 0 Å². The Labute approximate surface area is 320 Å². The number of benzene rings is 8. The minimum Gasteiger partial charge on any atom is -0.456 e. The number of hydrogen-bond donors (Lipinski definition) is 0. The first-order valence-electron chi connectivity index (χ1n) is 19.0. The second-order valence-electron chi connectivity index (χ2n) is 14.4. The Kier molecular flexibility index (Phi) is 7.31. The largest absolute Gasteiger partial charge is 0.456 e. The van der Waals surface area contributed by atoms with Gasteiger partial charge < -0.3 is 14.2 Å². The summed E-state index contributed by atoms with van der Waals surface area (Å²) in [5.41, 5.74) is 16.3. The normalized spacial score (nSPS) is 15.5. The number of para-hydroxylation sites is 4. The molecule has 0 radical (unpaired) electrons. The van der Waals surface area contributed by atoms with Gasteiger partial charge in [-0.05, 0) is 94.0 Å². The van der Waals surface area contributed by atoms with E-state index in [-0.39, 0.29) is 12.0 Å². The number of rotatable bonds is 6. The molecule has 0 saturated heterocycles. The van der Waals surface area contributed by atoms with E-state index in [1.165, 1.54) is 50.3 Å². The van der Waals surface area contributed by atoms with Gasteiger partial charge in [-0.25, -0.2) is 0 Å². The van der Waals surface area contributed by atoms with Crippen LogP contribution in [0, 0.1) is 0 Å². The molecule has 0 spiro atoms. The lowest BCUT2D eigenvalue weighted by Gasteiger charge is -2.32. The molecule has 0 saturated carbocycles. The van der Waals surface area contributed by atoms with Gasteiger partial charge in [0.05, 0.1) is 11.7 Å². The van der Waals surface area contributed by atoms with Crippen LogP contribution in [0.3, 0.4) is 0 Å². The van der Waals surface area contributed by atoms with Gasteiger partial charge in [0.1, 0.15) is 11.2 Å². The Bertz CT molecular complexity index is 2910. The van der Waals surface area contributed by atoms with E-state index in [2.05, 4.69) is 204 Å². The Morgan fingerprint density at radius 3 is 2.05 bits per heavy atom. The van der Waals surface area contributed by atoms with E-state index in [9.17, 15) is 0 Å². The lowest BCUT2D eigenvalue weighted by molar-refractivity contribution is 0.669. The van der Waals surface area contributed by atoms with Gasteiger partial charge in [0.25, 0.3) is 0 Å². The molecule has 3 heteroatoms. The Hall–Kier alpha value is -7.10. The maximum absolute atomic E-state index is 6.28. The molecule has 2 unspecified atom stereocenters. The van der Waals surface area contributed by atoms with E-state index in [0.717, 1.165) is 39.0 Å². The molecule has 0 N–H and O–H groups in total. The van der Waals surface area contributed by atoms with Crippen LogP contribution in [0.1, 0.15) is 22.6 Å². The molecule has 55 heavy (non-hydrogen) atoms. The third-order valence-electron chi connectivity index (χ3n) is 11.4. The first-order chi connectivity index (χ1) is 27.3. The first kappa shape index (κ1) is 31.4. The smallest absolute Gasteiger partial charge is 0.135 e. The number of fused-ring (bicyclic) bond motifs is 8. The molecule has 1 aliphatic carbocycles. The Morgan fingerprint density at radius 1 is 0.473 bits per heavy atom. The molecular formula is C52H36N2O. The average molecular weight is 705 g/mol. The van der Waals surface area contributed by atoms with Crippen LogP contribution in [-0.4, -0.2) is 6.04 Å². The number of hydrogen-bond acceptors (Lipinski definition) is 3. The van der Waals surface area contributed by atoms with E-state index in [1.54, 1.807) is 0 Å². The molecule has 1 aromatic heterocycles. The molecule has 260 valence electrons. The van der Waals surface area contributed by atoms with Crippen molar-refractivity contribution in [3.63, 3.8) is 0 Å². The second-order valence-corrected chi connectivity index (χ2v) is 14.4. The summed E-state index contributed by atoms with van der Waals surface area (Å²) in [7, 11) is 0. The maximum Gasteiger partial charge on any atom is 0.135 e. The van der Waals surface area contributed by atoms with Crippen molar-refractivity contribution >= 4 is 56.5 Å². The Morgan fingerprint density at radius 2 is 1.15 bits per heavy atom. The molecule has 8 aromatic carbocycles. The highest BCUT2D eigenvalue weighted by Gasteiger charge is 2.41. The third kappa shape index (κ3) is 5.12. The summed E-state index contributed by atoms with van der Waals surface area (Å²) in [5.74, 6) is 0.227. The summed E-state index contributed by atoms with van der Waals surface area (Å²) in [5, 5.41) is 2.22. The van der Waals surface area contributed by atoms with Gasteiger partial charge in [-0.15, -0.1) is 0 Å². The topological polar surface area (TPSA) is 19.6 Å². The van der Waals surface area contributed by atoms with Crippen molar-refractivity contribution in [3.05, 3.63) is 217 Å². The molecule has 3 nitrogen and oxygen atoms in total. The van der Waals surface area contributed by atoms with Crippen LogP contribution in [-0.2, 0) is 0 Å². The van der Waals surface area contributed by atoms with Crippen LogP contribution in [0.4, 0.5) is 28.4 Å². The molecule has 2 atom stereocenters. The minimum absolute atomic E-state index is 0.202. The summed E-state index contributed by atoms with van der Waals surface area (Å²) in [6, 6.07) is 70.1. The highest BCUT2D eigenvalue weighted by atomic mass is 16.3. The van der Waals surface area contributed by atoms with E-state index in [1.807, 2.05) is 12.1 Å². The third-order valence-corrected chi connectivity index (χ3v) is 11.4. The van der Waals surface area contributed by atoms with E-state index >= 15 is 0 Å². The maximum atomic E-state index is 6.28. The fourth-order valence-electron chi connectivity index (χ4n) is 9.02. The average Bonchev–Trinajstić information content (AvgIpc) is 3.80. The lowest BCUT2D eigenvalue weighted by Crippen LogP contribution is -2.30. The van der Waals surface area contributed by atoms with Crippen LogP contribution >= 0.6 is 0 Å². The van der Waals surface area contributed by atoms with Crippen molar-refractivity contribution < 1.29 is 4.42 Å². The fourth-order valence-corrected chi connectivity index (χ4v) is 9.02. The van der Waals surface area contributed by atoms with Crippen molar-refractivity contribution in [1.29, 1.82) is 0 Å². The molecule has 9 aromatic rings. The molecule has 0 amide bonds. The van der Waals surface area contributed by atoms with Crippen LogP contribution in [0.2, 0.25) is 0 Å². The number of furan rings is 1. The van der Waals surface area contributed by atoms with E-state index in [4.69, 9.17) is 4.42 Å². The van der Waals surface area contributed by atoms with Gasteiger partial charge >= 0.3 is 0 Å². The summed E-state index contributed by atoms with van der Waals surface area (Å²) in [6.45, 7) is 0. The lowest BCUT2D eigenvalue weighted by atomic mass is 9.79. The predicted octanol–water partition coefficient (Wildman–Crippen LogP) is 14.1. The van der Waals surface area contributed by atoms with Crippen LogP contribution < -0.4 is 9.80 Å². The molecule has 0 bridgehead atoms. The zero-order chi connectivity index (χ0) is 36.3. The second kappa shape index (κ2) is 12.8. The summed E-state index contributed by atoms with van der Waals surface area (Å²) < 4.78 is 6.28. The standard InChI is InChI=1S/C52H36N2O/c1-3-15-35(16-4-1)41-21-7-10-26-47(41)53(39-29-32-51-46(34-39)43-22-9-12-28-50(43)55-51)38-20-13-17-36(33-38)40-24-14-25-44-42(40)30-31-49-52(44)45-23-8-11-27-48(45)54(49)37-18-5-2-6-19-37/h1-34,49,52H. The van der Waals surface area contributed by atoms with Crippen molar-refractivity contribution in [1.82, 2.24) is 0 Å².